The van der Waals surface area contributed by atoms with Crippen molar-refractivity contribution in [2.45, 2.75) is 6.42 Å². The van der Waals surface area contributed by atoms with Gasteiger partial charge < -0.3 is 0 Å². The van der Waals surface area contributed by atoms with Crippen LogP contribution in [0, 0.1) is 5.82 Å². The van der Waals surface area contributed by atoms with Gasteiger partial charge in [-0.1, -0.05) is 22.0 Å². The number of carbonyl (C=O) groups is 1. The SMILES string of the molecule is O=C(Cc1cc(Br)ccc1F)c1cccc2nccnc12. The van der Waals surface area contributed by atoms with Crippen LogP contribution in [-0.2, 0) is 6.42 Å². The molecule has 0 saturated carbocycles. The van der Waals surface area contributed by atoms with Gasteiger partial charge in [-0.05, 0) is 35.9 Å². The van der Waals surface area contributed by atoms with Gasteiger partial charge in [-0.15, -0.1) is 0 Å². The minimum absolute atomic E-state index is 0.0129. The Balaban J connectivity index is 1.99. The molecule has 0 saturated heterocycles. The first-order chi connectivity index (χ1) is 10.1. The molecular formula is C16H10BrFN2O. The summed E-state index contributed by atoms with van der Waals surface area (Å²) in [6, 6.07) is 9.79. The van der Waals surface area contributed by atoms with E-state index in [4.69, 9.17) is 0 Å². The normalized spacial score (nSPS) is 10.8. The zero-order valence-electron chi connectivity index (χ0n) is 10.9. The molecule has 0 aliphatic carbocycles. The number of fused-ring (bicyclic) bond motifs is 1. The molecule has 0 radical (unpaired) electrons. The van der Waals surface area contributed by atoms with E-state index in [1.54, 1.807) is 42.7 Å². The third-order valence-electron chi connectivity index (χ3n) is 3.16. The molecule has 0 spiro atoms. The van der Waals surface area contributed by atoms with E-state index in [2.05, 4.69) is 25.9 Å². The fourth-order valence-electron chi connectivity index (χ4n) is 2.16. The Labute approximate surface area is 129 Å². The highest BCUT2D eigenvalue weighted by atomic mass is 79.9. The summed E-state index contributed by atoms with van der Waals surface area (Å²) in [6.07, 6.45) is 3.10. The Bertz CT molecular complexity index is 830. The van der Waals surface area contributed by atoms with E-state index >= 15 is 0 Å². The summed E-state index contributed by atoms with van der Waals surface area (Å²) < 4.78 is 14.5. The second kappa shape index (κ2) is 5.69. The molecule has 0 amide bonds. The lowest BCUT2D eigenvalue weighted by Gasteiger charge is -2.06. The highest BCUT2D eigenvalue weighted by Gasteiger charge is 2.14. The van der Waals surface area contributed by atoms with Crippen molar-refractivity contribution in [3.05, 3.63) is 70.2 Å². The van der Waals surface area contributed by atoms with Crippen LogP contribution in [-0.4, -0.2) is 15.8 Å². The monoisotopic (exact) mass is 344 g/mol. The number of nitrogens with zero attached hydrogens (tertiary/aromatic N) is 2. The van der Waals surface area contributed by atoms with Crippen molar-refractivity contribution in [3.8, 4) is 0 Å². The molecule has 0 aliphatic rings. The Kier molecular flexibility index (Phi) is 3.75. The number of para-hydroxylation sites is 1. The van der Waals surface area contributed by atoms with Crippen LogP contribution in [0.15, 0.2) is 53.3 Å². The molecule has 5 heteroatoms. The first-order valence-electron chi connectivity index (χ1n) is 6.32. The van der Waals surface area contributed by atoms with E-state index < -0.39 is 5.82 Å². The summed E-state index contributed by atoms with van der Waals surface area (Å²) >= 11 is 3.28. The quantitative estimate of drug-likeness (QED) is 0.675. The van der Waals surface area contributed by atoms with Crippen LogP contribution in [0.1, 0.15) is 15.9 Å². The summed E-state index contributed by atoms with van der Waals surface area (Å²) in [5.74, 6) is -0.573. The summed E-state index contributed by atoms with van der Waals surface area (Å²) in [7, 11) is 0. The first kappa shape index (κ1) is 13.8. The summed E-state index contributed by atoms with van der Waals surface area (Å²) in [5.41, 5.74) is 2.01. The maximum atomic E-state index is 13.8. The molecule has 21 heavy (non-hydrogen) atoms. The summed E-state index contributed by atoms with van der Waals surface area (Å²) in [4.78, 5) is 20.8. The standard InChI is InChI=1S/C16H10BrFN2O/c17-11-4-5-13(18)10(8-11)9-15(21)12-2-1-3-14-16(12)20-7-6-19-14/h1-8H,9H2. The maximum Gasteiger partial charge on any atom is 0.169 e. The Hall–Kier alpha value is -2.14. The molecule has 3 rings (SSSR count). The van der Waals surface area contributed by atoms with E-state index in [1.165, 1.54) is 6.07 Å². The topological polar surface area (TPSA) is 42.9 Å². The van der Waals surface area contributed by atoms with E-state index in [-0.39, 0.29) is 12.2 Å². The molecule has 1 heterocycles. The number of aromatic nitrogens is 2. The molecule has 0 N–H and O–H groups in total. The first-order valence-corrected chi connectivity index (χ1v) is 7.11. The van der Waals surface area contributed by atoms with E-state index in [1.807, 2.05) is 0 Å². The number of Topliss-reactive ketones (excluding diaryl/α,β-unsaturated/α-hetero) is 1. The van der Waals surface area contributed by atoms with Gasteiger partial charge >= 0.3 is 0 Å². The Morgan fingerprint density at radius 1 is 1.14 bits per heavy atom. The van der Waals surface area contributed by atoms with Gasteiger partial charge in [0.25, 0.3) is 0 Å². The van der Waals surface area contributed by atoms with Crippen molar-refractivity contribution in [1.82, 2.24) is 9.97 Å². The van der Waals surface area contributed by atoms with Crippen LogP contribution in [0.2, 0.25) is 0 Å². The predicted molar refractivity (Wildman–Crippen MR) is 81.7 cm³/mol. The van der Waals surface area contributed by atoms with Crippen LogP contribution in [0.4, 0.5) is 4.39 Å². The largest absolute Gasteiger partial charge is 0.294 e. The number of ketones is 1. The Morgan fingerprint density at radius 2 is 1.95 bits per heavy atom. The molecule has 0 fully saturated rings. The number of carbonyl (C=O) groups excluding carboxylic acids is 1. The van der Waals surface area contributed by atoms with Crippen LogP contribution in [0.3, 0.4) is 0 Å². The third-order valence-corrected chi connectivity index (χ3v) is 3.65. The van der Waals surface area contributed by atoms with Crippen molar-refractivity contribution >= 4 is 32.7 Å². The minimum atomic E-state index is -0.391. The molecule has 0 aliphatic heterocycles. The van der Waals surface area contributed by atoms with Crippen molar-refractivity contribution in [2.24, 2.45) is 0 Å². The lowest BCUT2D eigenvalue weighted by atomic mass is 10.0. The van der Waals surface area contributed by atoms with Crippen molar-refractivity contribution in [1.29, 1.82) is 0 Å². The second-order valence-corrected chi connectivity index (χ2v) is 5.48. The average Bonchev–Trinajstić information content (AvgIpc) is 2.50. The molecule has 2 aromatic carbocycles. The summed E-state index contributed by atoms with van der Waals surface area (Å²) in [6.45, 7) is 0. The molecule has 3 nitrogen and oxygen atoms in total. The number of halogens is 2. The molecule has 0 atom stereocenters. The zero-order valence-corrected chi connectivity index (χ0v) is 12.5. The molecule has 1 aromatic heterocycles. The van der Waals surface area contributed by atoms with Crippen molar-refractivity contribution < 1.29 is 9.18 Å². The highest BCUT2D eigenvalue weighted by molar-refractivity contribution is 9.10. The average molecular weight is 345 g/mol. The van der Waals surface area contributed by atoms with E-state index in [0.717, 1.165) is 4.47 Å². The van der Waals surface area contributed by atoms with Gasteiger partial charge in [-0.2, -0.15) is 0 Å². The molecule has 3 aromatic rings. The van der Waals surface area contributed by atoms with Crippen LogP contribution < -0.4 is 0 Å². The molecule has 0 unspecified atom stereocenters. The maximum absolute atomic E-state index is 13.8. The lowest BCUT2D eigenvalue weighted by molar-refractivity contribution is 0.0993. The number of rotatable bonds is 3. The van der Waals surface area contributed by atoms with Crippen LogP contribution in [0.5, 0.6) is 0 Å². The van der Waals surface area contributed by atoms with Crippen LogP contribution in [0.25, 0.3) is 11.0 Å². The zero-order chi connectivity index (χ0) is 14.8. The minimum Gasteiger partial charge on any atom is -0.294 e. The fourth-order valence-corrected chi connectivity index (χ4v) is 2.57. The lowest BCUT2D eigenvalue weighted by Crippen LogP contribution is -2.07. The smallest absolute Gasteiger partial charge is 0.169 e. The van der Waals surface area contributed by atoms with Crippen LogP contribution >= 0.6 is 15.9 Å². The van der Waals surface area contributed by atoms with Gasteiger partial charge in [0.1, 0.15) is 5.82 Å². The predicted octanol–water partition coefficient (Wildman–Crippen LogP) is 3.96. The number of benzene rings is 2. The van der Waals surface area contributed by atoms with Gasteiger partial charge in [0.15, 0.2) is 5.78 Å². The molecular weight excluding hydrogens is 335 g/mol. The molecule has 0 bridgehead atoms. The van der Waals surface area contributed by atoms with E-state index in [0.29, 0.717) is 22.2 Å². The van der Waals surface area contributed by atoms with Gasteiger partial charge in [-0.3, -0.25) is 14.8 Å². The van der Waals surface area contributed by atoms with E-state index in [9.17, 15) is 9.18 Å². The third kappa shape index (κ3) is 2.83. The van der Waals surface area contributed by atoms with Gasteiger partial charge in [0.2, 0.25) is 0 Å². The fraction of sp³-hybridized carbons (Fsp3) is 0.0625. The number of hydrogen-bond donors (Lipinski definition) is 0. The van der Waals surface area contributed by atoms with Gasteiger partial charge in [0.05, 0.1) is 11.0 Å². The highest BCUT2D eigenvalue weighted by Crippen LogP contribution is 2.20. The molecule has 104 valence electrons. The van der Waals surface area contributed by atoms with Gasteiger partial charge in [0, 0.05) is 28.9 Å². The second-order valence-electron chi connectivity index (χ2n) is 4.57. The summed E-state index contributed by atoms with van der Waals surface area (Å²) in [5, 5.41) is 0. The van der Waals surface area contributed by atoms with Gasteiger partial charge in [-0.25, -0.2) is 4.39 Å². The Morgan fingerprint density at radius 3 is 2.81 bits per heavy atom. The van der Waals surface area contributed by atoms with Crippen molar-refractivity contribution in [3.63, 3.8) is 0 Å². The number of hydrogen-bond acceptors (Lipinski definition) is 3. The van der Waals surface area contributed by atoms with Crippen molar-refractivity contribution in [2.75, 3.05) is 0 Å².